The van der Waals surface area contributed by atoms with Crippen molar-refractivity contribution in [1.29, 1.82) is 0 Å². The Morgan fingerprint density at radius 2 is 2.24 bits per heavy atom. The summed E-state index contributed by atoms with van der Waals surface area (Å²) >= 11 is 0. The Morgan fingerprint density at radius 1 is 1.48 bits per heavy atom. The first kappa shape index (κ1) is 15.3. The molecule has 2 aromatic rings. The summed E-state index contributed by atoms with van der Waals surface area (Å²) in [6.45, 7) is 6.67. The summed E-state index contributed by atoms with van der Waals surface area (Å²) in [5.74, 6) is 0.105. The standard InChI is InChI=1S/C15H23N5O/c1-11-14(12(2)18-17-11)6-5-8-19(4)15(21)13(3)20-9-7-16-10-20/h7,9-10,13H,5-6,8H2,1-4H3,(H,17,18)/t13-/m1/s1. The number of H-pyrrole nitrogens is 1. The van der Waals surface area contributed by atoms with Gasteiger partial charge in [0.1, 0.15) is 6.04 Å². The average molecular weight is 289 g/mol. The highest BCUT2D eigenvalue weighted by Crippen LogP contribution is 2.13. The number of imidazole rings is 1. The first-order valence-corrected chi connectivity index (χ1v) is 7.23. The maximum Gasteiger partial charge on any atom is 0.245 e. The van der Waals surface area contributed by atoms with E-state index >= 15 is 0 Å². The summed E-state index contributed by atoms with van der Waals surface area (Å²) in [7, 11) is 1.85. The van der Waals surface area contributed by atoms with Crippen LogP contribution in [0.4, 0.5) is 0 Å². The van der Waals surface area contributed by atoms with Gasteiger partial charge in [-0.2, -0.15) is 5.10 Å². The van der Waals surface area contributed by atoms with Crippen molar-refractivity contribution in [1.82, 2.24) is 24.6 Å². The third-order valence-electron chi connectivity index (χ3n) is 3.91. The minimum absolute atomic E-state index is 0.105. The highest BCUT2D eigenvalue weighted by Gasteiger charge is 2.18. The lowest BCUT2D eigenvalue weighted by Crippen LogP contribution is -2.33. The van der Waals surface area contributed by atoms with Crippen LogP contribution in [0.15, 0.2) is 18.7 Å². The van der Waals surface area contributed by atoms with Crippen LogP contribution >= 0.6 is 0 Å². The van der Waals surface area contributed by atoms with Crippen LogP contribution < -0.4 is 0 Å². The van der Waals surface area contributed by atoms with Gasteiger partial charge in [0.05, 0.1) is 12.0 Å². The van der Waals surface area contributed by atoms with Gasteiger partial charge in [-0.05, 0) is 39.2 Å². The predicted molar refractivity (Wildman–Crippen MR) is 81.0 cm³/mol. The van der Waals surface area contributed by atoms with E-state index in [1.54, 1.807) is 17.4 Å². The van der Waals surface area contributed by atoms with Gasteiger partial charge < -0.3 is 9.47 Å². The predicted octanol–water partition coefficient (Wildman–Crippen LogP) is 1.88. The number of likely N-dealkylation sites (N-methyl/N-ethyl adjacent to an activating group) is 1. The molecule has 21 heavy (non-hydrogen) atoms. The molecule has 1 atom stereocenters. The molecule has 0 saturated carbocycles. The fourth-order valence-corrected chi connectivity index (χ4v) is 2.49. The molecule has 2 aromatic heterocycles. The summed E-state index contributed by atoms with van der Waals surface area (Å²) in [5, 5.41) is 7.19. The third kappa shape index (κ3) is 3.51. The van der Waals surface area contributed by atoms with Crippen molar-refractivity contribution in [2.45, 2.75) is 39.7 Å². The quantitative estimate of drug-likeness (QED) is 0.883. The topological polar surface area (TPSA) is 66.8 Å². The van der Waals surface area contributed by atoms with Crippen LogP contribution in [0.5, 0.6) is 0 Å². The van der Waals surface area contributed by atoms with Gasteiger partial charge in [0.2, 0.25) is 5.91 Å². The molecule has 6 nitrogen and oxygen atoms in total. The minimum Gasteiger partial charge on any atom is -0.344 e. The molecule has 0 aliphatic rings. The molecule has 0 unspecified atom stereocenters. The molecule has 1 N–H and O–H groups in total. The summed E-state index contributed by atoms with van der Waals surface area (Å²) in [6, 6.07) is -0.213. The van der Waals surface area contributed by atoms with Crippen LogP contribution in [0.25, 0.3) is 0 Å². The van der Waals surface area contributed by atoms with E-state index in [2.05, 4.69) is 15.2 Å². The van der Waals surface area contributed by atoms with Crippen LogP contribution in [0.1, 0.15) is 36.3 Å². The average Bonchev–Trinajstić information content (AvgIpc) is 3.10. The molecular weight excluding hydrogens is 266 g/mol. The molecule has 0 spiro atoms. The van der Waals surface area contributed by atoms with Gasteiger partial charge in [0, 0.05) is 31.7 Å². The maximum absolute atomic E-state index is 12.3. The Morgan fingerprint density at radius 3 is 2.81 bits per heavy atom. The van der Waals surface area contributed by atoms with Gasteiger partial charge >= 0.3 is 0 Å². The van der Waals surface area contributed by atoms with Gasteiger partial charge in [-0.25, -0.2) is 4.98 Å². The Kier molecular flexibility index (Phi) is 4.77. The first-order chi connectivity index (χ1) is 10.0. The Labute approximate surface area is 125 Å². The van der Waals surface area contributed by atoms with Crippen LogP contribution in [0.3, 0.4) is 0 Å². The molecule has 0 aromatic carbocycles. The highest BCUT2D eigenvalue weighted by molar-refractivity contribution is 5.79. The van der Waals surface area contributed by atoms with E-state index in [0.29, 0.717) is 0 Å². The summed E-state index contributed by atoms with van der Waals surface area (Å²) in [6.07, 6.45) is 7.04. The first-order valence-electron chi connectivity index (χ1n) is 7.23. The molecular formula is C15H23N5O. The molecule has 0 aliphatic carbocycles. The highest BCUT2D eigenvalue weighted by atomic mass is 16.2. The van der Waals surface area contributed by atoms with Gasteiger partial charge in [-0.1, -0.05) is 0 Å². The van der Waals surface area contributed by atoms with Crippen molar-refractivity contribution >= 4 is 5.91 Å². The van der Waals surface area contributed by atoms with Crippen LogP contribution in [-0.2, 0) is 11.2 Å². The number of nitrogens with zero attached hydrogens (tertiary/aromatic N) is 4. The van der Waals surface area contributed by atoms with Crippen molar-refractivity contribution in [3.05, 3.63) is 35.7 Å². The molecule has 114 valence electrons. The summed E-state index contributed by atoms with van der Waals surface area (Å²) < 4.78 is 1.82. The molecule has 0 saturated heterocycles. The number of carbonyl (C=O) groups is 1. The molecule has 0 radical (unpaired) electrons. The number of nitrogens with one attached hydrogen (secondary N) is 1. The molecule has 2 rings (SSSR count). The van der Waals surface area contributed by atoms with E-state index in [4.69, 9.17) is 0 Å². The number of aromatic amines is 1. The Hall–Kier alpha value is -2.11. The fourth-order valence-electron chi connectivity index (χ4n) is 2.49. The number of aryl methyl sites for hydroxylation is 2. The number of amides is 1. The summed E-state index contributed by atoms with van der Waals surface area (Å²) in [5.41, 5.74) is 3.43. The number of hydrogen-bond acceptors (Lipinski definition) is 3. The van der Waals surface area contributed by atoms with Crippen molar-refractivity contribution in [2.75, 3.05) is 13.6 Å². The molecule has 0 aliphatic heterocycles. The van der Waals surface area contributed by atoms with Crippen molar-refractivity contribution < 1.29 is 4.79 Å². The zero-order chi connectivity index (χ0) is 15.4. The lowest BCUT2D eigenvalue weighted by atomic mass is 10.1. The van der Waals surface area contributed by atoms with Crippen molar-refractivity contribution in [3.8, 4) is 0 Å². The lowest BCUT2D eigenvalue weighted by molar-refractivity contribution is -0.133. The van der Waals surface area contributed by atoms with E-state index in [1.165, 1.54) is 5.56 Å². The monoisotopic (exact) mass is 289 g/mol. The zero-order valence-electron chi connectivity index (χ0n) is 13.1. The zero-order valence-corrected chi connectivity index (χ0v) is 13.1. The number of aromatic nitrogens is 4. The lowest BCUT2D eigenvalue weighted by Gasteiger charge is -2.22. The smallest absolute Gasteiger partial charge is 0.245 e. The van der Waals surface area contributed by atoms with Gasteiger partial charge in [0.15, 0.2) is 0 Å². The number of rotatable bonds is 6. The van der Waals surface area contributed by atoms with Crippen molar-refractivity contribution in [3.63, 3.8) is 0 Å². The molecule has 0 fully saturated rings. The third-order valence-corrected chi connectivity index (χ3v) is 3.91. The molecule has 1 amide bonds. The Bertz CT molecular complexity index is 568. The van der Waals surface area contributed by atoms with E-state index in [9.17, 15) is 4.79 Å². The van der Waals surface area contributed by atoms with Gasteiger partial charge in [-0.15, -0.1) is 0 Å². The van der Waals surface area contributed by atoms with Gasteiger partial charge in [0.25, 0.3) is 0 Å². The Balaban J connectivity index is 1.84. The van der Waals surface area contributed by atoms with Crippen LogP contribution in [-0.4, -0.2) is 44.1 Å². The number of hydrogen-bond donors (Lipinski definition) is 1. The maximum atomic E-state index is 12.3. The largest absolute Gasteiger partial charge is 0.344 e. The van der Waals surface area contributed by atoms with Crippen molar-refractivity contribution in [2.24, 2.45) is 0 Å². The fraction of sp³-hybridized carbons (Fsp3) is 0.533. The van der Waals surface area contributed by atoms with E-state index in [0.717, 1.165) is 30.8 Å². The molecule has 0 bridgehead atoms. The minimum atomic E-state index is -0.213. The number of carbonyl (C=O) groups excluding carboxylic acids is 1. The van der Waals surface area contributed by atoms with Gasteiger partial charge in [-0.3, -0.25) is 9.89 Å². The second-order valence-electron chi connectivity index (χ2n) is 5.46. The molecule has 2 heterocycles. The molecule has 6 heteroatoms. The van der Waals surface area contributed by atoms with Crippen LogP contribution in [0, 0.1) is 13.8 Å². The second kappa shape index (κ2) is 6.56. The summed E-state index contributed by atoms with van der Waals surface area (Å²) in [4.78, 5) is 18.1. The normalized spacial score (nSPS) is 12.4. The SMILES string of the molecule is Cc1n[nH]c(C)c1CCCN(C)C(=O)[C@@H](C)n1ccnc1. The van der Waals surface area contributed by atoms with E-state index < -0.39 is 0 Å². The second-order valence-corrected chi connectivity index (χ2v) is 5.46. The van der Waals surface area contributed by atoms with E-state index in [-0.39, 0.29) is 11.9 Å². The van der Waals surface area contributed by atoms with Crippen LogP contribution in [0.2, 0.25) is 0 Å². The van der Waals surface area contributed by atoms with E-state index in [1.807, 2.05) is 38.6 Å².